The molecule has 0 unspecified atom stereocenters. The summed E-state index contributed by atoms with van der Waals surface area (Å²) in [5, 5.41) is 0. The maximum absolute atomic E-state index is 5.72. The average molecular weight is 131 g/mol. The van der Waals surface area contributed by atoms with Gasteiger partial charge in [0.15, 0.2) is 0 Å². The Labute approximate surface area is 57.4 Å². The Morgan fingerprint density at radius 3 is 2.33 bits per heavy atom. The second kappa shape index (κ2) is 4.77. The van der Waals surface area contributed by atoms with Crippen LogP contribution in [0.15, 0.2) is 0 Å². The molecule has 0 bridgehead atoms. The van der Waals surface area contributed by atoms with Crippen molar-refractivity contribution in [3.8, 4) is 0 Å². The third kappa shape index (κ3) is 4.43. The van der Waals surface area contributed by atoms with Crippen molar-refractivity contribution in [2.24, 2.45) is 11.7 Å². The molecule has 2 heteroatoms. The van der Waals surface area contributed by atoms with Crippen LogP contribution >= 0.6 is 0 Å². The largest absolute Gasteiger partial charge is 0.385 e. The first-order valence-electron chi connectivity index (χ1n) is 3.43. The number of ether oxygens (including phenoxy) is 1. The Bertz CT molecular complexity index is 63.9. The van der Waals surface area contributed by atoms with Gasteiger partial charge in [-0.25, -0.2) is 0 Å². The third-order valence-electron chi connectivity index (χ3n) is 1.51. The molecule has 0 aromatic carbocycles. The minimum atomic E-state index is 0.296. The summed E-state index contributed by atoms with van der Waals surface area (Å²) in [6, 6.07) is 0.296. The molecular weight excluding hydrogens is 114 g/mol. The Balaban J connectivity index is 3.16. The Hall–Kier alpha value is -0.0800. The first kappa shape index (κ1) is 8.92. The van der Waals surface area contributed by atoms with Gasteiger partial charge in [0.1, 0.15) is 0 Å². The highest BCUT2D eigenvalue weighted by Crippen LogP contribution is 2.01. The van der Waals surface area contributed by atoms with Gasteiger partial charge < -0.3 is 10.5 Å². The van der Waals surface area contributed by atoms with E-state index in [1.807, 2.05) is 0 Å². The van der Waals surface area contributed by atoms with Crippen molar-refractivity contribution in [3.63, 3.8) is 0 Å². The molecule has 1 atom stereocenters. The van der Waals surface area contributed by atoms with Crippen LogP contribution in [0.5, 0.6) is 0 Å². The molecule has 0 aliphatic carbocycles. The second-order valence-corrected chi connectivity index (χ2v) is 2.69. The average Bonchev–Trinajstić information content (AvgIpc) is 1.82. The predicted octanol–water partition coefficient (Wildman–Crippen LogP) is 1.01. The molecule has 0 heterocycles. The van der Waals surface area contributed by atoms with Crippen LogP contribution in [0.4, 0.5) is 0 Å². The zero-order chi connectivity index (χ0) is 7.28. The van der Waals surface area contributed by atoms with Crippen LogP contribution in [0.1, 0.15) is 20.3 Å². The Kier molecular flexibility index (Phi) is 4.72. The molecule has 0 amide bonds. The van der Waals surface area contributed by atoms with Crippen LogP contribution in [0.25, 0.3) is 0 Å². The van der Waals surface area contributed by atoms with Gasteiger partial charge in [0.05, 0.1) is 0 Å². The van der Waals surface area contributed by atoms with E-state index in [1.165, 1.54) is 0 Å². The van der Waals surface area contributed by atoms with Gasteiger partial charge >= 0.3 is 0 Å². The summed E-state index contributed by atoms with van der Waals surface area (Å²) in [5.41, 5.74) is 5.72. The van der Waals surface area contributed by atoms with Crippen LogP contribution in [0, 0.1) is 5.92 Å². The minimum Gasteiger partial charge on any atom is -0.385 e. The maximum atomic E-state index is 5.72. The van der Waals surface area contributed by atoms with Crippen LogP contribution < -0.4 is 5.73 Å². The highest BCUT2D eigenvalue weighted by Gasteiger charge is 2.05. The molecule has 0 rings (SSSR count). The summed E-state index contributed by atoms with van der Waals surface area (Å²) < 4.78 is 4.88. The number of rotatable bonds is 4. The molecule has 0 saturated carbocycles. The molecule has 0 radical (unpaired) electrons. The van der Waals surface area contributed by atoms with Gasteiger partial charge in [0, 0.05) is 19.8 Å². The van der Waals surface area contributed by atoms with E-state index < -0.39 is 0 Å². The number of nitrogens with two attached hydrogens (primary N) is 1. The van der Waals surface area contributed by atoms with Crippen molar-refractivity contribution >= 4 is 0 Å². The van der Waals surface area contributed by atoms with Crippen LogP contribution in [-0.2, 0) is 4.74 Å². The van der Waals surface area contributed by atoms with E-state index in [0.29, 0.717) is 12.0 Å². The quantitative estimate of drug-likeness (QED) is 0.618. The molecule has 0 spiro atoms. The number of methoxy groups -OCH3 is 1. The van der Waals surface area contributed by atoms with E-state index in [0.717, 1.165) is 13.0 Å². The van der Waals surface area contributed by atoms with Crippen molar-refractivity contribution in [1.82, 2.24) is 0 Å². The SMILES string of the molecule is COCC[C@H](N)C(C)C. The standard InChI is InChI=1S/C7H17NO/c1-6(2)7(8)4-5-9-3/h6-7H,4-5,8H2,1-3H3/t7-/m0/s1. The molecule has 9 heavy (non-hydrogen) atoms. The zero-order valence-electron chi connectivity index (χ0n) is 6.55. The predicted molar refractivity (Wildman–Crippen MR) is 39.3 cm³/mol. The topological polar surface area (TPSA) is 35.2 Å². The van der Waals surface area contributed by atoms with Crippen molar-refractivity contribution in [1.29, 1.82) is 0 Å². The van der Waals surface area contributed by atoms with Gasteiger partial charge in [-0.1, -0.05) is 13.8 Å². The molecule has 56 valence electrons. The van der Waals surface area contributed by atoms with Crippen LogP contribution in [0.2, 0.25) is 0 Å². The summed E-state index contributed by atoms with van der Waals surface area (Å²) in [4.78, 5) is 0. The van der Waals surface area contributed by atoms with Crippen LogP contribution in [-0.4, -0.2) is 19.8 Å². The molecule has 2 nitrogen and oxygen atoms in total. The molecule has 0 saturated heterocycles. The lowest BCUT2D eigenvalue weighted by molar-refractivity contribution is 0.181. The van der Waals surface area contributed by atoms with Crippen molar-refractivity contribution in [2.75, 3.05) is 13.7 Å². The van der Waals surface area contributed by atoms with E-state index in [2.05, 4.69) is 13.8 Å². The van der Waals surface area contributed by atoms with Crippen molar-refractivity contribution < 1.29 is 4.74 Å². The summed E-state index contributed by atoms with van der Waals surface area (Å²) in [6.45, 7) is 5.03. The lowest BCUT2D eigenvalue weighted by Crippen LogP contribution is -2.27. The van der Waals surface area contributed by atoms with E-state index in [4.69, 9.17) is 10.5 Å². The lowest BCUT2D eigenvalue weighted by atomic mass is 10.0. The molecule has 0 aromatic heterocycles. The van der Waals surface area contributed by atoms with Crippen molar-refractivity contribution in [3.05, 3.63) is 0 Å². The molecule has 0 aliphatic heterocycles. The van der Waals surface area contributed by atoms with Crippen molar-refractivity contribution in [2.45, 2.75) is 26.3 Å². The Morgan fingerprint density at radius 2 is 2.00 bits per heavy atom. The normalized spacial score (nSPS) is 14.3. The zero-order valence-corrected chi connectivity index (χ0v) is 6.55. The fourth-order valence-corrected chi connectivity index (χ4v) is 0.587. The summed E-state index contributed by atoms with van der Waals surface area (Å²) in [5.74, 6) is 0.570. The molecule has 0 aliphatic rings. The summed E-state index contributed by atoms with van der Waals surface area (Å²) >= 11 is 0. The van der Waals surface area contributed by atoms with Gasteiger partial charge in [0.2, 0.25) is 0 Å². The van der Waals surface area contributed by atoms with E-state index >= 15 is 0 Å². The van der Waals surface area contributed by atoms with E-state index in [1.54, 1.807) is 7.11 Å². The fraction of sp³-hybridized carbons (Fsp3) is 1.00. The van der Waals surface area contributed by atoms with Gasteiger partial charge in [-0.15, -0.1) is 0 Å². The number of hydrogen-bond donors (Lipinski definition) is 1. The minimum absolute atomic E-state index is 0.296. The number of hydrogen-bond acceptors (Lipinski definition) is 2. The Morgan fingerprint density at radius 1 is 1.44 bits per heavy atom. The van der Waals surface area contributed by atoms with Crippen LogP contribution in [0.3, 0.4) is 0 Å². The van der Waals surface area contributed by atoms with Gasteiger partial charge in [0.25, 0.3) is 0 Å². The van der Waals surface area contributed by atoms with E-state index in [9.17, 15) is 0 Å². The monoisotopic (exact) mass is 131 g/mol. The molecule has 2 N–H and O–H groups in total. The van der Waals surface area contributed by atoms with Gasteiger partial charge in [-0.3, -0.25) is 0 Å². The smallest absolute Gasteiger partial charge is 0.0477 e. The fourth-order valence-electron chi connectivity index (χ4n) is 0.587. The highest BCUT2D eigenvalue weighted by atomic mass is 16.5. The van der Waals surface area contributed by atoms with Gasteiger partial charge in [-0.05, 0) is 12.3 Å². The first-order chi connectivity index (χ1) is 4.18. The van der Waals surface area contributed by atoms with Gasteiger partial charge in [-0.2, -0.15) is 0 Å². The first-order valence-corrected chi connectivity index (χ1v) is 3.43. The lowest BCUT2D eigenvalue weighted by Gasteiger charge is -2.13. The molecular formula is C7H17NO. The summed E-state index contributed by atoms with van der Waals surface area (Å²) in [7, 11) is 1.70. The maximum Gasteiger partial charge on any atom is 0.0477 e. The van der Waals surface area contributed by atoms with E-state index in [-0.39, 0.29) is 0 Å². The highest BCUT2D eigenvalue weighted by molar-refractivity contribution is 4.63. The third-order valence-corrected chi connectivity index (χ3v) is 1.51. The molecule has 0 aromatic rings. The summed E-state index contributed by atoms with van der Waals surface area (Å²) in [6.07, 6.45) is 0.966. The second-order valence-electron chi connectivity index (χ2n) is 2.69. The molecule has 0 fully saturated rings.